The van der Waals surface area contributed by atoms with Crippen LogP contribution >= 0.6 is 0 Å². The first-order chi connectivity index (χ1) is 25.4. The van der Waals surface area contributed by atoms with E-state index in [1.54, 1.807) is 20.8 Å². The molecule has 54 heavy (non-hydrogen) atoms. The second-order valence-corrected chi connectivity index (χ2v) is 16.2. The number of fused-ring (bicyclic) bond motifs is 3. The molecule has 0 spiro atoms. The minimum Gasteiger partial charge on any atom is -0.507 e. The van der Waals surface area contributed by atoms with Gasteiger partial charge in [-0.1, -0.05) is 19.1 Å². The fourth-order valence-electron chi connectivity index (χ4n) is 9.27. The number of benzene rings is 1. The van der Waals surface area contributed by atoms with Crippen molar-refractivity contribution in [2.75, 3.05) is 14.1 Å². The Kier molecular flexibility index (Phi) is 10.4. The molecule has 0 radical (unpaired) electrons. The van der Waals surface area contributed by atoms with E-state index in [2.05, 4.69) is 0 Å². The van der Waals surface area contributed by atoms with Crippen molar-refractivity contribution < 1.29 is 68.7 Å². The normalized spacial score (nSPS) is 43.9. The summed E-state index contributed by atoms with van der Waals surface area (Å²) >= 11 is 0. The van der Waals surface area contributed by atoms with Gasteiger partial charge in [0, 0.05) is 48.4 Å². The number of rotatable bonds is 6. The predicted molar refractivity (Wildman–Crippen MR) is 187 cm³/mol. The maximum atomic E-state index is 14.5. The molecule has 1 saturated carbocycles. The SMILES string of the molecule is CC1CC(=O)C2(O)C3=C(C=CC2(O[C@@H]2C[C@@H](N(C)C)[C@@H](O[C@@H]4C[C@@H](O)[C@@H](O)[C@@H](C)O4)[C@@H](C)O2)C1)C(=O)c1c(ccc([C@H]2C[C@@H](O)[C@H](O)[C@@H](C)O2)c1O)C3=O. The molecule has 6 aliphatic rings. The van der Waals surface area contributed by atoms with Crippen molar-refractivity contribution >= 4 is 17.3 Å². The zero-order valence-corrected chi connectivity index (χ0v) is 31.2. The van der Waals surface area contributed by atoms with Gasteiger partial charge in [-0.15, -0.1) is 0 Å². The van der Waals surface area contributed by atoms with Crippen molar-refractivity contribution in [3.63, 3.8) is 0 Å². The van der Waals surface area contributed by atoms with Crippen molar-refractivity contribution in [2.24, 2.45) is 5.92 Å². The Labute approximate surface area is 313 Å². The average molecular weight is 758 g/mol. The van der Waals surface area contributed by atoms with Gasteiger partial charge in [0.05, 0.1) is 47.8 Å². The Bertz CT molecular complexity index is 1740. The molecule has 0 aromatic heterocycles. The second kappa shape index (κ2) is 14.2. The van der Waals surface area contributed by atoms with Crippen LogP contribution in [0.15, 0.2) is 35.4 Å². The number of hydrogen-bond donors (Lipinski definition) is 6. The quantitative estimate of drug-likeness (QED) is 0.238. The summed E-state index contributed by atoms with van der Waals surface area (Å²) in [5, 5.41) is 65.2. The van der Waals surface area contributed by atoms with Gasteiger partial charge in [0.1, 0.15) is 29.7 Å². The molecule has 3 aliphatic carbocycles. The number of Topliss-reactive ketones (excluding diaryl/α,β-unsaturated/α-hetero) is 3. The van der Waals surface area contributed by atoms with Crippen LogP contribution in [0, 0.1) is 5.92 Å². The van der Waals surface area contributed by atoms with Gasteiger partial charge in [0.25, 0.3) is 0 Å². The van der Waals surface area contributed by atoms with Crippen LogP contribution < -0.4 is 0 Å². The first kappa shape index (κ1) is 39.3. The molecule has 3 aliphatic heterocycles. The topological polar surface area (TPSA) is 222 Å². The largest absolute Gasteiger partial charge is 0.507 e. The number of ether oxygens (including phenoxy) is 5. The Hall–Kier alpha value is -2.93. The highest BCUT2D eigenvalue weighted by molar-refractivity contribution is 6.31. The highest BCUT2D eigenvalue weighted by Crippen LogP contribution is 2.53. The Balaban J connectivity index is 1.19. The monoisotopic (exact) mass is 757 g/mol. The number of nitrogens with zero attached hydrogens (tertiary/aromatic N) is 1. The Morgan fingerprint density at radius 3 is 2.13 bits per heavy atom. The van der Waals surface area contributed by atoms with Crippen molar-refractivity contribution in [1.82, 2.24) is 4.90 Å². The van der Waals surface area contributed by atoms with Crippen LogP contribution in [0.1, 0.15) is 92.2 Å². The molecule has 15 nitrogen and oxygen atoms in total. The standard InChI is InChI=1S/C39H51NO14/c1-16-11-27(43)39(49)31-22(35(47)30-21(36(31)48)8-7-20(34(30)46)26-13-24(41)32(44)17(2)50-26)9-10-38(39,15-16)54-29-12-23(40(5)6)37(19(4)52-29)53-28-14-25(42)33(45)18(3)51-28/h7-10,16-19,23-26,28-29,32-33,37,41-42,44-46,49H,11-15H2,1-6H3/t16?,17-,18-,19-,23-,24-,25-,26-,28-,29-,32-,33+,37+,38?,39?/m1/s1. The molecule has 3 saturated heterocycles. The highest BCUT2D eigenvalue weighted by atomic mass is 16.7. The highest BCUT2D eigenvalue weighted by Gasteiger charge is 2.66. The second-order valence-electron chi connectivity index (χ2n) is 16.2. The summed E-state index contributed by atoms with van der Waals surface area (Å²) in [5.74, 6) is -3.09. The molecule has 15 heteroatoms. The third-order valence-electron chi connectivity index (χ3n) is 12.2. The molecule has 1 aromatic rings. The van der Waals surface area contributed by atoms with Gasteiger partial charge in [-0.3, -0.25) is 14.4 Å². The van der Waals surface area contributed by atoms with Crippen molar-refractivity contribution in [2.45, 2.75) is 145 Å². The number of phenols is 1. The minimum atomic E-state index is -2.58. The number of carbonyl (C=O) groups excluding carboxylic acids is 3. The van der Waals surface area contributed by atoms with Crippen LogP contribution in [-0.4, -0.2) is 146 Å². The van der Waals surface area contributed by atoms with Crippen molar-refractivity contribution in [3.05, 3.63) is 52.1 Å². The molecule has 15 atom stereocenters. The Morgan fingerprint density at radius 2 is 1.48 bits per heavy atom. The number of ketones is 3. The van der Waals surface area contributed by atoms with Gasteiger partial charge >= 0.3 is 0 Å². The van der Waals surface area contributed by atoms with E-state index in [1.165, 1.54) is 24.3 Å². The van der Waals surface area contributed by atoms with E-state index >= 15 is 0 Å². The number of allylic oxidation sites excluding steroid dienone is 2. The summed E-state index contributed by atoms with van der Waals surface area (Å²) in [4.78, 5) is 44.8. The van der Waals surface area contributed by atoms with Crippen LogP contribution in [-0.2, 0) is 28.5 Å². The van der Waals surface area contributed by atoms with Gasteiger partial charge in [-0.25, -0.2) is 0 Å². The average Bonchev–Trinajstić information content (AvgIpc) is 3.09. The van der Waals surface area contributed by atoms with E-state index in [1.807, 2.05) is 25.9 Å². The van der Waals surface area contributed by atoms with Gasteiger partial charge in [-0.2, -0.15) is 0 Å². The molecule has 1 aromatic carbocycles. The molecular weight excluding hydrogens is 706 g/mol. The zero-order valence-electron chi connectivity index (χ0n) is 31.2. The van der Waals surface area contributed by atoms with Crippen LogP contribution in [0.5, 0.6) is 5.75 Å². The van der Waals surface area contributed by atoms with Gasteiger partial charge in [-0.05, 0) is 59.3 Å². The smallest absolute Gasteiger partial charge is 0.198 e. The van der Waals surface area contributed by atoms with Crippen LogP contribution in [0.25, 0.3) is 0 Å². The fraction of sp³-hybridized carbons (Fsp3) is 0.667. The fourth-order valence-corrected chi connectivity index (χ4v) is 9.27. The summed E-state index contributed by atoms with van der Waals surface area (Å²) in [6, 6.07) is 2.40. The maximum absolute atomic E-state index is 14.5. The number of aliphatic hydroxyl groups is 5. The molecule has 0 bridgehead atoms. The van der Waals surface area contributed by atoms with Crippen LogP contribution in [0.3, 0.4) is 0 Å². The molecule has 4 fully saturated rings. The predicted octanol–water partition coefficient (Wildman–Crippen LogP) is 1.00. The maximum Gasteiger partial charge on any atom is 0.198 e. The summed E-state index contributed by atoms with van der Waals surface area (Å²) in [6.07, 6.45) is -6.65. The van der Waals surface area contributed by atoms with E-state index in [4.69, 9.17) is 23.7 Å². The summed E-state index contributed by atoms with van der Waals surface area (Å²) in [5.41, 5.74) is -5.43. The third-order valence-corrected chi connectivity index (χ3v) is 12.2. The number of aliphatic hydroxyl groups excluding tert-OH is 4. The van der Waals surface area contributed by atoms with Crippen LogP contribution in [0.4, 0.5) is 0 Å². The first-order valence-corrected chi connectivity index (χ1v) is 18.7. The summed E-state index contributed by atoms with van der Waals surface area (Å²) in [6.45, 7) is 6.84. The first-order valence-electron chi connectivity index (χ1n) is 18.7. The number of phenolic OH excluding ortho intramolecular Hbond substituents is 1. The lowest BCUT2D eigenvalue weighted by molar-refractivity contribution is -0.322. The van der Waals surface area contributed by atoms with Crippen molar-refractivity contribution in [1.29, 1.82) is 0 Å². The number of aromatic hydroxyl groups is 1. The molecule has 6 N–H and O–H groups in total. The molecule has 3 unspecified atom stereocenters. The van der Waals surface area contributed by atoms with E-state index in [-0.39, 0.29) is 66.3 Å². The molecule has 7 rings (SSSR count). The lowest BCUT2D eigenvalue weighted by atomic mass is 9.58. The van der Waals surface area contributed by atoms with E-state index < -0.39 is 107 Å². The number of likely N-dealkylation sites (N-methyl/N-ethyl adjacent to an activating group) is 1. The minimum absolute atomic E-state index is 0.0585. The van der Waals surface area contributed by atoms with E-state index in [0.717, 1.165) is 0 Å². The molecule has 0 amide bonds. The molecule has 296 valence electrons. The third kappa shape index (κ3) is 6.22. The number of hydrogen-bond acceptors (Lipinski definition) is 15. The van der Waals surface area contributed by atoms with E-state index in [9.17, 15) is 45.0 Å². The molecular formula is C39H51NO14. The van der Waals surface area contributed by atoms with E-state index in [0.29, 0.717) is 0 Å². The summed E-state index contributed by atoms with van der Waals surface area (Å²) in [7, 11) is 3.71. The number of carbonyl (C=O) groups is 3. The lowest BCUT2D eigenvalue weighted by Crippen LogP contribution is -2.69. The van der Waals surface area contributed by atoms with Gasteiger partial charge < -0.3 is 59.2 Å². The van der Waals surface area contributed by atoms with Gasteiger partial charge in [0.15, 0.2) is 35.5 Å². The molecule has 3 heterocycles. The van der Waals surface area contributed by atoms with Crippen molar-refractivity contribution in [3.8, 4) is 5.75 Å². The van der Waals surface area contributed by atoms with Crippen LogP contribution in [0.2, 0.25) is 0 Å². The summed E-state index contributed by atoms with van der Waals surface area (Å²) < 4.78 is 31.1. The lowest BCUT2D eigenvalue weighted by Gasteiger charge is -2.54. The van der Waals surface area contributed by atoms with Gasteiger partial charge in [0.2, 0.25) is 0 Å². The zero-order chi connectivity index (χ0) is 39.2. The Morgan fingerprint density at radius 1 is 0.833 bits per heavy atom.